The largest absolute Gasteiger partial charge is 0.357 e. The molecule has 0 saturated carbocycles. The molecule has 0 aromatic carbocycles. The average molecular weight is 143 g/mol. The molecule has 58 valence electrons. The number of hydrogen-bond donors (Lipinski definition) is 1. The average Bonchev–Trinajstić information content (AvgIpc) is 2.15. The van der Waals surface area contributed by atoms with Crippen molar-refractivity contribution < 1.29 is 4.52 Å². The maximum absolute atomic E-state index is 9.87. The molecule has 0 bridgehead atoms. The molecule has 0 atom stereocenters. The van der Waals surface area contributed by atoms with Gasteiger partial charge in [0.05, 0.1) is 0 Å². The Bertz CT molecular complexity index is 180. The van der Waals surface area contributed by atoms with E-state index < -0.39 is 0 Å². The Morgan fingerprint density at radius 1 is 1.50 bits per heavy atom. The van der Waals surface area contributed by atoms with E-state index in [4.69, 9.17) is 0 Å². The summed E-state index contributed by atoms with van der Waals surface area (Å²) in [6, 6.07) is 1.31. The van der Waals surface area contributed by atoms with Crippen LogP contribution >= 0.6 is 0 Å². The van der Waals surface area contributed by atoms with Gasteiger partial charge in [-0.25, -0.2) is 9.95 Å². The summed E-state index contributed by atoms with van der Waals surface area (Å²) in [7, 11) is 0. The maximum atomic E-state index is 9.87. The minimum atomic E-state index is -0.338. The molecule has 3 nitrogen and oxygen atoms in total. The number of hydrogen-bond acceptors (Lipinski definition) is 2. The van der Waals surface area contributed by atoms with Crippen molar-refractivity contribution in [3.05, 3.63) is 22.7 Å². The quantitative estimate of drug-likeness (QED) is 0.600. The van der Waals surface area contributed by atoms with Gasteiger partial charge < -0.3 is 4.52 Å². The zero-order chi connectivity index (χ0) is 7.98. The first kappa shape index (κ1) is 9.01. The smallest absolute Gasteiger partial charge is 0.339 e. The summed E-state index contributed by atoms with van der Waals surface area (Å²) in [5.41, 5.74) is -0.338. The Balaban J connectivity index is 0.000000180. The third-order valence-corrected chi connectivity index (χ3v) is 0.447. The highest BCUT2D eigenvalue weighted by Crippen LogP contribution is 1.81. The van der Waals surface area contributed by atoms with Crippen molar-refractivity contribution in [2.45, 2.75) is 20.8 Å². The normalized spacial score (nSPS) is 8.80. The van der Waals surface area contributed by atoms with E-state index in [0.29, 0.717) is 0 Å². The fraction of sp³-hybridized carbons (Fsp3) is 0.571. The molecule has 0 fully saturated rings. The van der Waals surface area contributed by atoms with E-state index in [1.165, 1.54) is 12.3 Å². The molecule has 0 amide bonds. The predicted molar refractivity (Wildman–Crippen MR) is 39.8 cm³/mol. The second-order valence-corrected chi connectivity index (χ2v) is 2.60. The molecule has 1 aromatic rings. The van der Waals surface area contributed by atoms with E-state index in [2.05, 4.69) is 30.5 Å². The lowest BCUT2D eigenvalue weighted by molar-refractivity contribution is 0.391. The van der Waals surface area contributed by atoms with Gasteiger partial charge in [-0.1, -0.05) is 20.8 Å². The molecule has 0 aliphatic heterocycles. The van der Waals surface area contributed by atoms with Crippen molar-refractivity contribution in [1.82, 2.24) is 5.16 Å². The Hall–Kier alpha value is -0.990. The summed E-state index contributed by atoms with van der Waals surface area (Å²) in [5, 5.41) is 2.24. The summed E-state index contributed by atoms with van der Waals surface area (Å²) < 4.78 is 4.15. The molecular weight excluding hydrogens is 130 g/mol. The van der Waals surface area contributed by atoms with E-state index >= 15 is 0 Å². The zero-order valence-corrected chi connectivity index (χ0v) is 6.55. The van der Waals surface area contributed by atoms with Crippen LogP contribution in [0.5, 0.6) is 0 Å². The lowest BCUT2D eigenvalue weighted by atomic mass is 10.3. The van der Waals surface area contributed by atoms with Gasteiger partial charge in [0.2, 0.25) is 0 Å². The summed E-state index contributed by atoms with van der Waals surface area (Å²) in [6.07, 6.45) is 1.43. The Kier molecular flexibility index (Phi) is 4.37. The maximum Gasteiger partial charge on any atom is 0.357 e. The zero-order valence-electron chi connectivity index (χ0n) is 6.55. The highest BCUT2D eigenvalue weighted by molar-refractivity contribution is 4.70. The summed E-state index contributed by atoms with van der Waals surface area (Å²) in [4.78, 5) is 9.87. The first-order valence-corrected chi connectivity index (χ1v) is 3.26. The van der Waals surface area contributed by atoms with Crippen molar-refractivity contribution in [3.63, 3.8) is 0 Å². The lowest BCUT2D eigenvalue weighted by Crippen LogP contribution is -1.84. The highest BCUT2D eigenvalue weighted by atomic mass is 16.5. The number of nitrogens with one attached hydrogen (secondary N) is 1. The predicted octanol–water partition coefficient (Wildman–Crippen LogP) is 1.63. The molecule has 3 heteroatoms. The van der Waals surface area contributed by atoms with Gasteiger partial charge in [-0.05, 0) is 5.92 Å². The van der Waals surface area contributed by atoms with Crippen LogP contribution in [0.4, 0.5) is 0 Å². The van der Waals surface area contributed by atoms with Crippen LogP contribution in [0.25, 0.3) is 0 Å². The fourth-order valence-electron chi connectivity index (χ4n) is 0.228. The standard InChI is InChI=1S/C4H10.C3H3NO2/c1-4(2)3;5-3-1-2-4-6-3/h4H,1-3H3;1-2,4H. The summed E-state index contributed by atoms with van der Waals surface area (Å²) in [5.74, 6) is 0.833. The molecule has 0 unspecified atom stereocenters. The van der Waals surface area contributed by atoms with Crippen LogP contribution in [-0.2, 0) is 0 Å². The fourth-order valence-corrected chi connectivity index (χ4v) is 0.228. The van der Waals surface area contributed by atoms with Gasteiger partial charge in [0, 0.05) is 12.3 Å². The lowest BCUT2D eigenvalue weighted by Gasteiger charge is -1.79. The van der Waals surface area contributed by atoms with Gasteiger partial charge in [0.25, 0.3) is 0 Å². The molecule has 1 rings (SSSR count). The first-order chi connectivity index (χ1) is 4.63. The van der Waals surface area contributed by atoms with Crippen molar-refractivity contribution >= 4 is 0 Å². The molecule has 1 heterocycles. The summed E-state index contributed by atoms with van der Waals surface area (Å²) in [6.45, 7) is 6.50. The van der Waals surface area contributed by atoms with E-state index in [9.17, 15) is 4.79 Å². The number of aromatic amines is 1. The van der Waals surface area contributed by atoms with Crippen LogP contribution < -0.4 is 5.63 Å². The molecule has 0 aliphatic rings. The van der Waals surface area contributed by atoms with Crippen molar-refractivity contribution in [2.24, 2.45) is 5.92 Å². The molecule has 0 spiro atoms. The van der Waals surface area contributed by atoms with Gasteiger partial charge in [-0.15, -0.1) is 0 Å². The molecule has 0 aliphatic carbocycles. The van der Waals surface area contributed by atoms with E-state index in [-0.39, 0.29) is 5.63 Å². The van der Waals surface area contributed by atoms with Crippen molar-refractivity contribution in [1.29, 1.82) is 0 Å². The van der Waals surface area contributed by atoms with Gasteiger partial charge >= 0.3 is 5.63 Å². The Morgan fingerprint density at radius 2 is 2.00 bits per heavy atom. The van der Waals surface area contributed by atoms with Crippen LogP contribution in [-0.4, -0.2) is 5.16 Å². The molecule has 1 aromatic heterocycles. The number of rotatable bonds is 0. The van der Waals surface area contributed by atoms with E-state index in [0.717, 1.165) is 5.92 Å². The minimum Gasteiger partial charge on any atom is -0.339 e. The van der Waals surface area contributed by atoms with Crippen LogP contribution in [0, 0.1) is 5.92 Å². The number of aromatic nitrogens is 1. The van der Waals surface area contributed by atoms with Crippen LogP contribution in [0.3, 0.4) is 0 Å². The van der Waals surface area contributed by atoms with Gasteiger partial charge in [-0.3, -0.25) is 0 Å². The summed E-state index contributed by atoms with van der Waals surface area (Å²) >= 11 is 0. The van der Waals surface area contributed by atoms with Crippen LogP contribution in [0.2, 0.25) is 0 Å². The second kappa shape index (κ2) is 4.85. The van der Waals surface area contributed by atoms with Gasteiger partial charge in [0.1, 0.15) is 0 Å². The monoisotopic (exact) mass is 143 g/mol. The second-order valence-electron chi connectivity index (χ2n) is 2.60. The van der Waals surface area contributed by atoms with E-state index in [1.807, 2.05) is 0 Å². The topological polar surface area (TPSA) is 46.0 Å². The Labute approximate surface area is 60.0 Å². The van der Waals surface area contributed by atoms with Gasteiger partial charge in [0.15, 0.2) is 0 Å². The molecule has 0 saturated heterocycles. The molecular formula is C7H13NO2. The molecule has 1 N–H and O–H groups in total. The van der Waals surface area contributed by atoms with Gasteiger partial charge in [-0.2, -0.15) is 0 Å². The molecule has 0 radical (unpaired) electrons. The SMILES string of the molecule is CC(C)C.O=c1cc[nH]o1. The first-order valence-electron chi connectivity index (χ1n) is 3.26. The van der Waals surface area contributed by atoms with Crippen LogP contribution in [0.15, 0.2) is 21.6 Å². The van der Waals surface area contributed by atoms with Crippen LogP contribution in [0.1, 0.15) is 20.8 Å². The highest BCUT2D eigenvalue weighted by Gasteiger charge is 1.74. The van der Waals surface area contributed by atoms with Crippen molar-refractivity contribution in [2.75, 3.05) is 0 Å². The molecule has 10 heavy (non-hydrogen) atoms. The third kappa shape index (κ3) is 7.01. The van der Waals surface area contributed by atoms with E-state index in [1.54, 1.807) is 0 Å². The van der Waals surface area contributed by atoms with Crippen molar-refractivity contribution in [3.8, 4) is 0 Å². The third-order valence-electron chi connectivity index (χ3n) is 0.447. The minimum absolute atomic E-state index is 0.338. The Morgan fingerprint density at radius 3 is 2.10 bits per heavy atom. The number of H-pyrrole nitrogens is 1.